The molecule has 6 heteroatoms. The molecule has 0 aliphatic rings. The standard InChI is InChI=1S/C57H100O6/c1-4-7-10-13-16-19-22-25-26-27-28-29-30-33-35-38-41-44-47-50-56(59)62-53-54(63-57(60)51-48-45-42-39-36-32-24-21-18-15-12-9-6-3)52-61-55(58)49-46-43-40-37-34-31-23-20-17-14-11-8-5-2/h7,10,16,19,25-26,32,36,42,45,54H,4-6,8-9,11-15,17-18,20-24,27-31,33-35,37-41,43-44,46-53H2,1-3H3/b10-7+,19-16+,26-25+,36-32+,45-42+. The highest BCUT2D eigenvalue weighted by Gasteiger charge is 2.19. The Labute approximate surface area is 390 Å². The number of carbonyl (C=O) groups excluding carboxylic acids is 3. The van der Waals surface area contributed by atoms with Crippen LogP contribution in [-0.2, 0) is 28.6 Å². The summed E-state index contributed by atoms with van der Waals surface area (Å²) in [6, 6.07) is 0. The Bertz CT molecular complexity index is 1150. The van der Waals surface area contributed by atoms with Crippen molar-refractivity contribution < 1.29 is 28.6 Å². The molecule has 0 N–H and O–H groups in total. The van der Waals surface area contributed by atoms with Crippen molar-refractivity contribution in [3.8, 4) is 0 Å². The van der Waals surface area contributed by atoms with Crippen LogP contribution in [0.4, 0.5) is 0 Å². The summed E-state index contributed by atoms with van der Waals surface area (Å²) < 4.78 is 16.7. The topological polar surface area (TPSA) is 78.9 Å². The number of allylic oxidation sites excluding steroid dienone is 10. The third-order valence-corrected chi connectivity index (χ3v) is 11.5. The zero-order valence-corrected chi connectivity index (χ0v) is 41.6. The normalized spacial score (nSPS) is 12.5. The second kappa shape index (κ2) is 51.7. The molecule has 0 rings (SSSR count). The van der Waals surface area contributed by atoms with Crippen LogP contribution in [-0.4, -0.2) is 37.2 Å². The fourth-order valence-corrected chi connectivity index (χ4v) is 7.51. The van der Waals surface area contributed by atoms with Crippen molar-refractivity contribution in [3.63, 3.8) is 0 Å². The van der Waals surface area contributed by atoms with E-state index in [0.717, 1.165) is 70.6 Å². The van der Waals surface area contributed by atoms with Gasteiger partial charge in [-0.15, -0.1) is 0 Å². The van der Waals surface area contributed by atoms with Crippen molar-refractivity contribution in [1.29, 1.82) is 0 Å². The molecule has 1 unspecified atom stereocenters. The smallest absolute Gasteiger partial charge is 0.306 e. The molecule has 6 nitrogen and oxygen atoms in total. The molecule has 0 amide bonds. The summed E-state index contributed by atoms with van der Waals surface area (Å²) in [5.41, 5.74) is 0. The minimum absolute atomic E-state index is 0.0960. The first-order chi connectivity index (χ1) is 31.0. The van der Waals surface area contributed by atoms with Crippen LogP contribution in [0.1, 0.15) is 265 Å². The Balaban J connectivity index is 4.39. The van der Waals surface area contributed by atoms with Crippen LogP contribution in [0.25, 0.3) is 0 Å². The van der Waals surface area contributed by atoms with Crippen LogP contribution in [0.5, 0.6) is 0 Å². The van der Waals surface area contributed by atoms with E-state index in [1.807, 2.05) is 6.08 Å². The van der Waals surface area contributed by atoms with Gasteiger partial charge in [0.2, 0.25) is 0 Å². The van der Waals surface area contributed by atoms with Crippen molar-refractivity contribution in [2.75, 3.05) is 13.2 Å². The monoisotopic (exact) mass is 881 g/mol. The Morgan fingerprint density at radius 1 is 0.333 bits per heavy atom. The van der Waals surface area contributed by atoms with Crippen LogP contribution in [0.2, 0.25) is 0 Å². The molecule has 0 aromatic heterocycles. The number of carbonyl (C=O) groups is 3. The number of esters is 3. The van der Waals surface area contributed by atoms with Gasteiger partial charge in [-0.1, -0.05) is 236 Å². The first kappa shape index (κ1) is 60.1. The highest BCUT2D eigenvalue weighted by Crippen LogP contribution is 2.15. The lowest BCUT2D eigenvalue weighted by Gasteiger charge is -2.18. The maximum absolute atomic E-state index is 12.8. The van der Waals surface area contributed by atoms with Gasteiger partial charge in [-0.05, 0) is 70.6 Å². The van der Waals surface area contributed by atoms with Crippen LogP contribution in [0.3, 0.4) is 0 Å². The average Bonchev–Trinajstić information content (AvgIpc) is 3.28. The molecule has 0 fully saturated rings. The summed E-state index contributed by atoms with van der Waals surface area (Å²) in [5.74, 6) is -0.963. The van der Waals surface area contributed by atoms with Crippen LogP contribution in [0, 0.1) is 0 Å². The molecule has 0 aromatic rings. The minimum atomic E-state index is -0.804. The molecule has 0 heterocycles. The minimum Gasteiger partial charge on any atom is -0.462 e. The van der Waals surface area contributed by atoms with Crippen LogP contribution < -0.4 is 0 Å². The molecule has 0 radical (unpaired) electrons. The second-order valence-corrected chi connectivity index (χ2v) is 17.8. The van der Waals surface area contributed by atoms with Crippen LogP contribution >= 0.6 is 0 Å². The van der Waals surface area contributed by atoms with Gasteiger partial charge in [0.15, 0.2) is 6.10 Å². The average molecular weight is 881 g/mol. The Morgan fingerprint density at radius 3 is 1.03 bits per heavy atom. The number of rotatable bonds is 48. The zero-order valence-electron chi connectivity index (χ0n) is 41.6. The zero-order chi connectivity index (χ0) is 45.8. The van der Waals surface area contributed by atoms with E-state index in [2.05, 4.69) is 75.5 Å². The fourth-order valence-electron chi connectivity index (χ4n) is 7.51. The maximum Gasteiger partial charge on any atom is 0.306 e. The maximum atomic E-state index is 12.8. The molecular formula is C57H100O6. The summed E-state index contributed by atoms with van der Waals surface area (Å²) in [5, 5.41) is 0. The van der Waals surface area contributed by atoms with Crippen molar-refractivity contribution in [2.45, 2.75) is 271 Å². The predicted molar refractivity (Wildman–Crippen MR) is 270 cm³/mol. The summed E-state index contributed by atoms with van der Waals surface area (Å²) >= 11 is 0. The quantitative estimate of drug-likeness (QED) is 0.0262. The van der Waals surface area contributed by atoms with Gasteiger partial charge in [-0.3, -0.25) is 14.4 Å². The van der Waals surface area contributed by atoms with Gasteiger partial charge < -0.3 is 14.2 Å². The second-order valence-electron chi connectivity index (χ2n) is 17.8. The molecule has 0 aromatic carbocycles. The highest BCUT2D eigenvalue weighted by atomic mass is 16.6. The van der Waals surface area contributed by atoms with Gasteiger partial charge in [-0.2, -0.15) is 0 Å². The molecule has 364 valence electrons. The molecule has 1 atom stereocenters. The van der Waals surface area contributed by atoms with Crippen molar-refractivity contribution in [2.24, 2.45) is 0 Å². The van der Waals surface area contributed by atoms with Gasteiger partial charge in [-0.25, -0.2) is 0 Å². The number of ether oxygens (including phenoxy) is 3. The number of unbranched alkanes of at least 4 members (excludes halogenated alkanes) is 27. The van der Waals surface area contributed by atoms with Gasteiger partial charge in [0.25, 0.3) is 0 Å². The summed E-state index contributed by atoms with van der Waals surface area (Å²) in [6.45, 7) is 6.48. The van der Waals surface area contributed by atoms with Crippen molar-refractivity contribution >= 4 is 17.9 Å². The Kier molecular flexibility index (Phi) is 49.4. The molecule has 0 saturated heterocycles. The van der Waals surface area contributed by atoms with E-state index in [1.165, 1.54) is 148 Å². The van der Waals surface area contributed by atoms with Crippen molar-refractivity contribution in [3.05, 3.63) is 60.8 Å². The first-order valence-corrected chi connectivity index (χ1v) is 26.8. The van der Waals surface area contributed by atoms with E-state index in [4.69, 9.17) is 14.2 Å². The molecule has 0 saturated carbocycles. The largest absolute Gasteiger partial charge is 0.462 e. The summed E-state index contributed by atoms with van der Waals surface area (Å²) in [6.07, 6.45) is 63.6. The number of hydrogen-bond acceptors (Lipinski definition) is 6. The third-order valence-electron chi connectivity index (χ3n) is 11.5. The molecule has 63 heavy (non-hydrogen) atoms. The molecule has 0 spiro atoms. The molecule has 0 aliphatic carbocycles. The van der Waals surface area contributed by atoms with Gasteiger partial charge >= 0.3 is 17.9 Å². The number of hydrogen-bond donors (Lipinski definition) is 0. The molecular weight excluding hydrogens is 781 g/mol. The first-order valence-electron chi connectivity index (χ1n) is 26.8. The van der Waals surface area contributed by atoms with Gasteiger partial charge in [0.1, 0.15) is 13.2 Å². The summed E-state index contributed by atoms with van der Waals surface area (Å²) in [7, 11) is 0. The SMILES string of the molecule is CC/C=C/C/C=C/C/C=C/CCCCCCCCCCCC(=O)OCC(COC(=O)CCCCCCCCCCCCCCC)OC(=O)CC/C=C/C/C=C/CCCCCCCC. The van der Waals surface area contributed by atoms with E-state index < -0.39 is 6.10 Å². The summed E-state index contributed by atoms with van der Waals surface area (Å²) in [4.78, 5) is 38.0. The highest BCUT2D eigenvalue weighted by molar-refractivity contribution is 5.71. The van der Waals surface area contributed by atoms with Gasteiger partial charge in [0.05, 0.1) is 0 Å². The van der Waals surface area contributed by atoms with Crippen LogP contribution in [0.15, 0.2) is 60.8 Å². The predicted octanol–water partition coefficient (Wildman–Crippen LogP) is 17.6. The van der Waals surface area contributed by atoms with E-state index in [1.54, 1.807) is 0 Å². The van der Waals surface area contributed by atoms with Crippen molar-refractivity contribution in [1.82, 2.24) is 0 Å². The third kappa shape index (κ3) is 50.0. The Hall–Kier alpha value is -2.89. The fraction of sp³-hybridized carbons (Fsp3) is 0.772. The Morgan fingerprint density at radius 2 is 0.651 bits per heavy atom. The van der Waals surface area contributed by atoms with E-state index in [-0.39, 0.29) is 37.5 Å². The van der Waals surface area contributed by atoms with E-state index >= 15 is 0 Å². The molecule has 0 bridgehead atoms. The lowest BCUT2D eigenvalue weighted by molar-refractivity contribution is -0.166. The van der Waals surface area contributed by atoms with Gasteiger partial charge in [0, 0.05) is 19.3 Å². The van der Waals surface area contributed by atoms with E-state index in [9.17, 15) is 14.4 Å². The lowest BCUT2D eigenvalue weighted by Crippen LogP contribution is -2.30. The molecule has 0 aliphatic heterocycles. The van der Waals surface area contributed by atoms with E-state index in [0.29, 0.717) is 19.3 Å². The lowest BCUT2D eigenvalue weighted by atomic mass is 10.0.